The molecule has 0 aliphatic heterocycles. The van der Waals surface area contributed by atoms with Crippen LogP contribution in [-0.4, -0.2) is 30.0 Å². The molecule has 23 heavy (non-hydrogen) atoms. The molecule has 6 heteroatoms. The highest BCUT2D eigenvalue weighted by atomic mass is 35.5. The molecule has 0 aliphatic rings. The van der Waals surface area contributed by atoms with Gasteiger partial charge in [0.05, 0.1) is 12.9 Å². The van der Waals surface area contributed by atoms with Crippen molar-refractivity contribution in [2.24, 2.45) is 0 Å². The Labute approximate surface area is 145 Å². The van der Waals surface area contributed by atoms with Gasteiger partial charge >= 0.3 is 0 Å². The number of imidazole rings is 1. The van der Waals surface area contributed by atoms with Gasteiger partial charge in [-0.15, -0.1) is 0 Å². The van der Waals surface area contributed by atoms with Gasteiger partial charge in [-0.05, 0) is 35.8 Å². The highest BCUT2D eigenvalue weighted by Crippen LogP contribution is 2.37. The largest absolute Gasteiger partial charge is 0.414 e. The summed E-state index contributed by atoms with van der Waals surface area (Å²) in [5.74, 6) is 0. The van der Waals surface area contributed by atoms with Gasteiger partial charge in [0.15, 0.2) is 8.32 Å². The van der Waals surface area contributed by atoms with Gasteiger partial charge in [-0.25, -0.2) is 4.98 Å². The molecular formula is C17H27ClN2O2Si. The maximum atomic E-state index is 10.1. The van der Waals surface area contributed by atoms with Crippen molar-refractivity contribution in [3.8, 4) is 0 Å². The SMILES string of the molecule is CC(C)(C)[Si](C)(C)OCC(O)c1cccc(Cl)c1.c1c[nH]cn1. The van der Waals surface area contributed by atoms with E-state index in [-0.39, 0.29) is 5.04 Å². The summed E-state index contributed by atoms with van der Waals surface area (Å²) >= 11 is 5.91. The molecule has 2 N–H and O–H groups in total. The van der Waals surface area contributed by atoms with E-state index in [2.05, 4.69) is 43.8 Å². The highest BCUT2D eigenvalue weighted by molar-refractivity contribution is 6.74. The van der Waals surface area contributed by atoms with Crippen molar-refractivity contribution in [2.45, 2.75) is 45.0 Å². The fourth-order valence-electron chi connectivity index (χ4n) is 1.53. The molecule has 0 aliphatic carbocycles. The molecule has 1 unspecified atom stereocenters. The maximum absolute atomic E-state index is 10.1. The molecule has 0 amide bonds. The minimum atomic E-state index is -1.81. The van der Waals surface area contributed by atoms with Gasteiger partial charge in [-0.3, -0.25) is 0 Å². The van der Waals surface area contributed by atoms with E-state index in [1.54, 1.807) is 30.9 Å². The van der Waals surface area contributed by atoms with Crippen molar-refractivity contribution in [3.05, 3.63) is 53.6 Å². The van der Waals surface area contributed by atoms with Gasteiger partial charge in [0.2, 0.25) is 0 Å². The molecule has 1 heterocycles. The Bertz CT molecular complexity index is 551. The summed E-state index contributed by atoms with van der Waals surface area (Å²) in [6.45, 7) is 11.2. The molecule has 0 bridgehead atoms. The third-order valence-electron chi connectivity index (χ3n) is 4.05. The first-order valence-corrected chi connectivity index (χ1v) is 10.9. The summed E-state index contributed by atoms with van der Waals surface area (Å²) < 4.78 is 6.00. The molecule has 4 nitrogen and oxygen atoms in total. The van der Waals surface area contributed by atoms with Gasteiger partial charge in [0, 0.05) is 17.4 Å². The first-order valence-electron chi connectivity index (χ1n) is 7.64. The molecule has 1 atom stereocenters. The van der Waals surface area contributed by atoms with Crippen LogP contribution in [0.4, 0.5) is 0 Å². The molecule has 128 valence electrons. The fraction of sp³-hybridized carbons (Fsp3) is 0.471. The molecule has 2 aromatic rings. The number of benzene rings is 1. The van der Waals surface area contributed by atoms with Crippen molar-refractivity contribution in [2.75, 3.05) is 6.61 Å². The molecule has 0 spiro atoms. The number of halogens is 1. The van der Waals surface area contributed by atoms with Crippen LogP contribution in [0.15, 0.2) is 43.0 Å². The molecule has 0 fully saturated rings. The second-order valence-electron chi connectivity index (χ2n) is 6.90. The van der Waals surface area contributed by atoms with Crippen LogP contribution in [0.1, 0.15) is 32.4 Å². The standard InChI is InChI=1S/C14H23ClO2Si.C3H4N2/c1-14(2,3)18(4,5)17-10-13(16)11-7-6-8-12(15)9-11;1-2-5-3-4-1/h6-9,13,16H,10H2,1-5H3;1-3H,(H,4,5). The predicted molar refractivity (Wildman–Crippen MR) is 98.1 cm³/mol. The van der Waals surface area contributed by atoms with Gasteiger partial charge in [0.1, 0.15) is 6.10 Å². The van der Waals surface area contributed by atoms with Gasteiger partial charge in [-0.1, -0.05) is 44.5 Å². The lowest BCUT2D eigenvalue weighted by Gasteiger charge is -2.36. The lowest BCUT2D eigenvalue weighted by atomic mass is 10.1. The molecule has 0 radical (unpaired) electrons. The molecule has 0 saturated heterocycles. The summed E-state index contributed by atoms with van der Waals surface area (Å²) in [7, 11) is -1.81. The number of aromatic amines is 1. The summed E-state index contributed by atoms with van der Waals surface area (Å²) in [6, 6.07) is 7.28. The third kappa shape index (κ3) is 6.87. The first-order chi connectivity index (χ1) is 10.6. The maximum Gasteiger partial charge on any atom is 0.192 e. The predicted octanol–water partition coefficient (Wildman–Crippen LogP) is 4.80. The Morgan fingerprint density at radius 2 is 2.04 bits per heavy atom. The third-order valence-corrected chi connectivity index (χ3v) is 8.78. The second-order valence-corrected chi connectivity index (χ2v) is 12.1. The van der Waals surface area contributed by atoms with Crippen molar-refractivity contribution in [1.29, 1.82) is 0 Å². The van der Waals surface area contributed by atoms with E-state index in [0.29, 0.717) is 11.6 Å². The number of nitrogens with one attached hydrogen (secondary N) is 1. The topological polar surface area (TPSA) is 58.1 Å². The van der Waals surface area contributed by atoms with Crippen LogP contribution in [0.25, 0.3) is 0 Å². The Balaban J connectivity index is 0.000000446. The average Bonchev–Trinajstić information content (AvgIpc) is 3.03. The van der Waals surface area contributed by atoms with Crippen molar-refractivity contribution in [3.63, 3.8) is 0 Å². The minimum absolute atomic E-state index is 0.154. The number of aliphatic hydroxyl groups excluding tert-OH is 1. The van der Waals surface area contributed by atoms with E-state index >= 15 is 0 Å². The van der Waals surface area contributed by atoms with E-state index in [1.165, 1.54) is 0 Å². The molecule has 0 saturated carbocycles. The van der Waals surface area contributed by atoms with Crippen LogP contribution < -0.4 is 0 Å². The number of rotatable bonds is 4. The van der Waals surface area contributed by atoms with Gasteiger partial charge in [0.25, 0.3) is 0 Å². The molecule has 1 aromatic carbocycles. The highest BCUT2D eigenvalue weighted by Gasteiger charge is 2.37. The lowest BCUT2D eigenvalue weighted by Crippen LogP contribution is -2.41. The monoisotopic (exact) mass is 354 g/mol. The first kappa shape index (κ1) is 19.9. The Morgan fingerprint density at radius 1 is 1.35 bits per heavy atom. The molecule has 1 aromatic heterocycles. The normalized spacial score (nSPS) is 13.2. The summed E-state index contributed by atoms with van der Waals surface area (Å²) in [5.41, 5.74) is 0.807. The number of aliphatic hydroxyl groups is 1. The molecular weight excluding hydrogens is 328 g/mol. The van der Waals surface area contributed by atoms with Crippen LogP contribution in [0.3, 0.4) is 0 Å². The zero-order chi connectivity index (χ0) is 17.5. The van der Waals surface area contributed by atoms with E-state index in [0.717, 1.165) is 5.56 Å². The minimum Gasteiger partial charge on any atom is -0.414 e. The zero-order valence-electron chi connectivity index (χ0n) is 14.5. The van der Waals surface area contributed by atoms with E-state index in [9.17, 15) is 5.11 Å². The van der Waals surface area contributed by atoms with Gasteiger partial charge < -0.3 is 14.5 Å². The molecule has 2 rings (SSSR count). The number of aromatic nitrogens is 2. The fourth-order valence-corrected chi connectivity index (χ4v) is 2.74. The Kier molecular flexibility index (Phi) is 7.47. The summed E-state index contributed by atoms with van der Waals surface area (Å²) in [6.07, 6.45) is 4.47. The Hall–Kier alpha value is -1.14. The van der Waals surface area contributed by atoms with Crippen LogP contribution in [-0.2, 0) is 4.43 Å². The van der Waals surface area contributed by atoms with Gasteiger partial charge in [-0.2, -0.15) is 0 Å². The van der Waals surface area contributed by atoms with Crippen LogP contribution >= 0.6 is 11.6 Å². The number of nitrogens with zero attached hydrogens (tertiary/aromatic N) is 1. The quantitative estimate of drug-likeness (QED) is 0.775. The van der Waals surface area contributed by atoms with E-state index in [1.807, 2.05) is 12.1 Å². The number of hydrogen-bond acceptors (Lipinski definition) is 3. The van der Waals surface area contributed by atoms with Crippen LogP contribution in [0, 0.1) is 0 Å². The smallest absolute Gasteiger partial charge is 0.192 e. The van der Waals surface area contributed by atoms with Crippen molar-refractivity contribution >= 4 is 19.9 Å². The van der Waals surface area contributed by atoms with E-state index < -0.39 is 14.4 Å². The lowest BCUT2D eigenvalue weighted by molar-refractivity contribution is 0.100. The van der Waals surface area contributed by atoms with Crippen molar-refractivity contribution in [1.82, 2.24) is 9.97 Å². The Morgan fingerprint density at radius 3 is 2.48 bits per heavy atom. The van der Waals surface area contributed by atoms with E-state index in [4.69, 9.17) is 16.0 Å². The number of hydrogen-bond donors (Lipinski definition) is 2. The zero-order valence-corrected chi connectivity index (χ0v) is 16.3. The van der Waals surface area contributed by atoms with Crippen molar-refractivity contribution < 1.29 is 9.53 Å². The van der Waals surface area contributed by atoms with Crippen LogP contribution in [0.5, 0.6) is 0 Å². The van der Waals surface area contributed by atoms with Crippen LogP contribution in [0.2, 0.25) is 23.2 Å². The number of H-pyrrole nitrogens is 1. The summed E-state index contributed by atoms with van der Waals surface area (Å²) in [4.78, 5) is 6.42. The summed E-state index contributed by atoms with van der Waals surface area (Å²) in [5, 5.41) is 10.9. The average molecular weight is 355 g/mol. The second kappa shape index (κ2) is 8.64.